The highest BCUT2D eigenvalue weighted by Crippen LogP contribution is 2.24. The lowest BCUT2D eigenvalue weighted by atomic mass is 9.99. The molecular formula is C14H20N2O2S. The normalized spacial score (nSPS) is 25.2. The molecule has 0 amide bonds. The van der Waals surface area contributed by atoms with Crippen molar-refractivity contribution in [2.75, 3.05) is 26.2 Å². The molecule has 19 heavy (non-hydrogen) atoms. The number of hydrogen-bond acceptors (Lipinski definition) is 4. The molecule has 0 aliphatic carbocycles. The van der Waals surface area contributed by atoms with Crippen molar-refractivity contribution in [3.63, 3.8) is 0 Å². The molecule has 5 heteroatoms. The summed E-state index contributed by atoms with van der Waals surface area (Å²) in [6.07, 6.45) is 4.03. The van der Waals surface area contributed by atoms with Gasteiger partial charge in [0.1, 0.15) is 4.88 Å². The Morgan fingerprint density at radius 1 is 1.32 bits per heavy atom. The van der Waals surface area contributed by atoms with Gasteiger partial charge in [0.25, 0.3) is 0 Å². The standard InChI is InChI=1S/C14H20N2O2S/c17-14(18)13-5-4-12(19-13)10-15-7-8-16-6-2-1-3-11(16)9-15/h4-5,11H,1-3,6-10H2,(H,17,18). The van der Waals surface area contributed by atoms with E-state index in [-0.39, 0.29) is 0 Å². The molecule has 4 nitrogen and oxygen atoms in total. The molecular weight excluding hydrogens is 260 g/mol. The van der Waals surface area contributed by atoms with Crippen molar-refractivity contribution in [3.05, 3.63) is 21.9 Å². The first kappa shape index (κ1) is 13.1. The van der Waals surface area contributed by atoms with Gasteiger partial charge in [0.15, 0.2) is 0 Å². The number of piperazine rings is 1. The van der Waals surface area contributed by atoms with Gasteiger partial charge in [0, 0.05) is 37.1 Å². The van der Waals surface area contributed by atoms with Gasteiger partial charge < -0.3 is 5.11 Å². The predicted octanol–water partition coefficient (Wildman–Crippen LogP) is 2.12. The van der Waals surface area contributed by atoms with Crippen LogP contribution in [0, 0.1) is 0 Å². The predicted molar refractivity (Wildman–Crippen MR) is 75.8 cm³/mol. The Morgan fingerprint density at radius 3 is 3.00 bits per heavy atom. The van der Waals surface area contributed by atoms with Crippen molar-refractivity contribution < 1.29 is 9.90 Å². The third-order valence-electron chi connectivity index (χ3n) is 4.17. The fraction of sp³-hybridized carbons (Fsp3) is 0.643. The molecule has 0 aromatic carbocycles. The monoisotopic (exact) mass is 280 g/mol. The second-order valence-electron chi connectivity index (χ2n) is 5.49. The molecule has 3 heterocycles. The van der Waals surface area contributed by atoms with E-state index in [9.17, 15) is 4.79 Å². The summed E-state index contributed by atoms with van der Waals surface area (Å²) in [7, 11) is 0. The van der Waals surface area contributed by atoms with Crippen LogP contribution in [0.4, 0.5) is 0 Å². The molecule has 1 unspecified atom stereocenters. The largest absolute Gasteiger partial charge is 0.477 e. The Kier molecular flexibility index (Phi) is 3.86. The minimum absolute atomic E-state index is 0.450. The van der Waals surface area contributed by atoms with E-state index in [1.165, 1.54) is 48.6 Å². The maximum absolute atomic E-state index is 10.9. The molecule has 0 spiro atoms. The number of fused-ring (bicyclic) bond motifs is 1. The number of carboxylic acids is 1. The SMILES string of the molecule is O=C(O)c1ccc(CN2CCN3CCCCC3C2)s1. The molecule has 2 fully saturated rings. The summed E-state index contributed by atoms with van der Waals surface area (Å²) in [4.78, 5) is 17.6. The van der Waals surface area contributed by atoms with Crippen molar-refractivity contribution in [1.82, 2.24) is 9.80 Å². The van der Waals surface area contributed by atoms with Crippen molar-refractivity contribution in [1.29, 1.82) is 0 Å². The van der Waals surface area contributed by atoms with E-state index in [1.807, 2.05) is 6.07 Å². The van der Waals surface area contributed by atoms with E-state index in [0.29, 0.717) is 4.88 Å². The van der Waals surface area contributed by atoms with Gasteiger partial charge in [0.05, 0.1) is 0 Å². The zero-order chi connectivity index (χ0) is 13.2. The first-order valence-electron chi connectivity index (χ1n) is 7.01. The molecule has 0 radical (unpaired) electrons. The van der Waals surface area contributed by atoms with Gasteiger partial charge in [0.2, 0.25) is 0 Å². The van der Waals surface area contributed by atoms with Crippen LogP contribution in [-0.2, 0) is 6.54 Å². The van der Waals surface area contributed by atoms with Crippen molar-refractivity contribution in [2.45, 2.75) is 31.8 Å². The Morgan fingerprint density at radius 2 is 2.21 bits per heavy atom. The van der Waals surface area contributed by atoms with E-state index in [1.54, 1.807) is 6.07 Å². The minimum atomic E-state index is -0.812. The maximum Gasteiger partial charge on any atom is 0.345 e. The number of piperidine rings is 1. The molecule has 2 saturated heterocycles. The molecule has 1 atom stereocenters. The number of carboxylic acid groups (broad SMARTS) is 1. The van der Waals surface area contributed by atoms with Crippen molar-refractivity contribution in [2.24, 2.45) is 0 Å². The average molecular weight is 280 g/mol. The van der Waals surface area contributed by atoms with Crippen LogP contribution in [0.25, 0.3) is 0 Å². The Balaban J connectivity index is 1.59. The fourth-order valence-corrected chi connectivity index (χ4v) is 4.05. The van der Waals surface area contributed by atoms with E-state index < -0.39 is 5.97 Å². The van der Waals surface area contributed by atoms with Crippen LogP contribution < -0.4 is 0 Å². The Labute approximate surface area is 117 Å². The van der Waals surface area contributed by atoms with Crippen LogP contribution >= 0.6 is 11.3 Å². The molecule has 1 aromatic rings. The first-order valence-corrected chi connectivity index (χ1v) is 7.82. The fourth-order valence-electron chi connectivity index (χ4n) is 3.16. The summed E-state index contributed by atoms with van der Waals surface area (Å²) in [6, 6.07) is 4.40. The summed E-state index contributed by atoms with van der Waals surface area (Å²) in [5, 5.41) is 8.95. The van der Waals surface area contributed by atoms with Gasteiger partial charge in [-0.15, -0.1) is 11.3 Å². The number of hydrogen-bond donors (Lipinski definition) is 1. The topological polar surface area (TPSA) is 43.8 Å². The number of rotatable bonds is 3. The van der Waals surface area contributed by atoms with E-state index in [0.717, 1.165) is 25.7 Å². The smallest absolute Gasteiger partial charge is 0.345 e. The molecule has 1 N–H and O–H groups in total. The number of thiophene rings is 1. The molecule has 0 bridgehead atoms. The van der Waals surface area contributed by atoms with Crippen molar-refractivity contribution in [3.8, 4) is 0 Å². The Bertz CT molecular complexity index is 460. The van der Waals surface area contributed by atoms with Crippen molar-refractivity contribution >= 4 is 17.3 Å². The van der Waals surface area contributed by atoms with Crippen LogP contribution in [0.15, 0.2) is 12.1 Å². The highest BCUT2D eigenvalue weighted by Gasteiger charge is 2.28. The minimum Gasteiger partial charge on any atom is -0.477 e. The number of nitrogens with zero attached hydrogens (tertiary/aromatic N) is 2. The third kappa shape index (κ3) is 2.99. The average Bonchev–Trinajstić information content (AvgIpc) is 2.87. The number of aromatic carboxylic acids is 1. The second kappa shape index (κ2) is 5.61. The molecule has 2 aliphatic heterocycles. The van der Waals surface area contributed by atoms with E-state index in [2.05, 4.69) is 9.80 Å². The molecule has 3 rings (SSSR count). The van der Waals surface area contributed by atoms with Crippen LogP contribution in [0.1, 0.15) is 33.8 Å². The third-order valence-corrected chi connectivity index (χ3v) is 5.23. The molecule has 0 saturated carbocycles. The summed E-state index contributed by atoms with van der Waals surface area (Å²) < 4.78 is 0. The zero-order valence-electron chi connectivity index (χ0n) is 11.0. The maximum atomic E-state index is 10.9. The van der Waals surface area contributed by atoms with Gasteiger partial charge >= 0.3 is 5.97 Å². The van der Waals surface area contributed by atoms with Gasteiger partial charge in [-0.3, -0.25) is 9.80 Å². The molecule has 1 aromatic heterocycles. The van der Waals surface area contributed by atoms with Crippen LogP contribution in [0.3, 0.4) is 0 Å². The second-order valence-corrected chi connectivity index (χ2v) is 6.66. The summed E-state index contributed by atoms with van der Waals surface area (Å²) >= 11 is 1.41. The van der Waals surface area contributed by atoms with Crippen LogP contribution in [0.5, 0.6) is 0 Å². The lowest BCUT2D eigenvalue weighted by Gasteiger charge is -2.44. The van der Waals surface area contributed by atoms with Gasteiger partial charge in [-0.25, -0.2) is 4.79 Å². The van der Waals surface area contributed by atoms with Crippen LogP contribution in [-0.4, -0.2) is 53.1 Å². The zero-order valence-corrected chi connectivity index (χ0v) is 11.9. The Hall–Kier alpha value is -0.910. The summed E-state index contributed by atoms with van der Waals surface area (Å²) in [6.45, 7) is 5.59. The first-order chi connectivity index (χ1) is 9.22. The molecule has 104 valence electrons. The van der Waals surface area contributed by atoms with E-state index >= 15 is 0 Å². The lowest BCUT2D eigenvalue weighted by Crippen LogP contribution is -2.54. The van der Waals surface area contributed by atoms with Gasteiger partial charge in [-0.1, -0.05) is 6.42 Å². The van der Waals surface area contributed by atoms with Gasteiger partial charge in [-0.2, -0.15) is 0 Å². The lowest BCUT2D eigenvalue weighted by molar-refractivity contribution is 0.0461. The summed E-state index contributed by atoms with van der Waals surface area (Å²) in [5.74, 6) is -0.812. The summed E-state index contributed by atoms with van der Waals surface area (Å²) in [5.41, 5.74) is 0. The highest BCUT2D eigenvalue weighted by molar-refractivity contribution is 7.13. The quantitative estimate of drug-likeness (QED) is 0.921. The van der Waals surface area contributed by atoms with Crippen LogP contribution in [0.2, 0.25) is 0 Å². The highest BCUT2D eigenvalue weighted by atomic mass is 32.1. The molecule has 2 aliphatic rings. The van der Waals surface area contributed by atoms with Gasteiger partial charge in [-0.05, 0) is 31.5 Å². The number of carbonyl (C=O) groups is 1. The van der Waals surface area contributed by atoms with E-state index in [4.69, 9.17) is 5.11 Å².